The van der Waals surface area contributed by atoms with Crippen LogP contribution in [-0.4, -0.2) is 52.5 Å². The molecule has 140 valence electrons. The number of carbonyl (C=O) groups excluding carboxylic acids is 2. The Hall–Kier alpha value is -2.64. The minimum atomic E-state index is -1.55. The molecule has 1 aromatic carbocycles. The monoisotopic (exact) mass is 362 g/mol. The summed E-state index contributed by atoms with van der Waals surface area (Å²) in [4.78, 5) is 24.4. The number of aromatic hydroxyl groups is 1. The van der Waals surface area contributed by atoms with Crippen LogP contribution in [0.25, 0.3) is 6.08 Å². The fraction of sp³-hybridized carbons (Fsp3) is 0.368. The van der Waals surface area contributed by atoms with Crippen LogP contribution < -0.4 is 4.74 Å². The van der Waals surface area contributed by atoms with E-state index >= 15 is 0 Å². The number of rotatable bonds is 1. The highest BCUT2D eigenvalue weighted by Gasteiger charge is 2.23. The van der Waals surface area contributed by atoms with Crippen LogP contribution in [0.2, 0.25) is 0 Å². The van der Waals surface area contributed by atoms with Gasteiger partial charge in [0.25, 0.3) is 0 Å². The standard InChI is InChI=1S/C19H22O7/c1-11-5-3-7-14(20)18(23)15(21)8-4-6-12-9-13(25-2)10-16(22)17(12)19(24)26-11/h3-4,6-7,9-11,14,18,20,22-23H,5,8H2,1-2H3/t11-,14?,18+/m0/s1. The minimum Gasteiger partial charge on any atom is -0.507 e. The van der Waals surface area contributed by atoms with Gasteiger partial charge in [0.1, 0.15) is 35.4 Å². The second kappa shape index (κ2) is 8.64. The number of ether oxygens (including phenoxy) is 2. The molecule has 3 atom stereocenters. The van der Waals surface area contributed by atoms with Crippen LogP contribution in [0, 0.1) is 0 Å². The number of ketones is 1. The zero-order chi connectivity index (χ0) is 19.3. The number of esters is 1. The number of phenols is 1. The Morgan fingerprint density at radius 3 is 2.62 bits per heavy atom. The van der Waals surface area contributed by atoms with Crippen LogP contribution in [0.15, 0.2) is 30.4 Å². The molecule has 0 bridgehead atoms. The maximum Gasteiger partial charge on any atom is 0.342 e. The molecule has 0 radical (unpaired) electrons. The molecule has 2 rings (SSSR count). The molecule has 1 aliphatic heterocycles. The first-order chi connectivity index (χ1) is 12.3. The first-order valence-corrected chi connectivity index (χ1v) is 8.17. The third-order valence-corrected chi connectivity index (χ3v) is 3.94. The molecule has 7 nitrogen and oxygen atoms in total. The fourth-order valence-electron chi connectivity index (χ4n) is 2.51. The van der Waals surface area contributed by atoms with Gasteiger partial charge in [-0.3, -0.25) is 4.79 Å². The summed E-state index contributed by atoms with van der Waals surface area (Å²) in [5, 5.41) is 29.9. The van der Waals surface area contributed by atoms with Gasteiger partial charge in [-0.2, -0.15) is 0 Å². The first kappa shape index (κ1) is 19.7. The summed E-state index contributed by atoms with van der Waals surface area (Å²) in [5.74, 6) is -1.25. The molecular formula is C19H22O7. The molecule has 26 heavy (non-hydrogen) atoms. The van der Waals surface area contributed by atoms with Crippen LogP contribution in [0.3, 0.4) is 0 Å². The molecule has 0 saturated carbocycles. The molecule has 1 aliphatic rings. The van der Waals surface area contributed by atoms with Gasteiger partial charge in [-0.1, -0.05) is 24.3 Å². The summed E-state index contributed by atoms with van der Waals surface area (Å²) < 4.78 is 10.4. The predicted molar refractivity (Wildman–Crippen MR) is 94.0 cm³/mol. The number of hydrogen-bond acceptors (Lipinski definition) is 7. The van der Waals surface area contributed by atoms with Gasteiger partial charge >= 0.3 is 5.97 Å². The van der Waals surface area contributed by atoms with Crippen molar-refractivity contribution in [2.24, 2.45) is 0 Å². The number of Topliss-reactive ketones (excluding diaryl/α,β-unsaturated/α-hetero) is 1. The molecule has 0 spiro atoms. The van der Waals surface area contributed by atoms with Crippen molar-refractivity contribution in [2.75, 3.05) is 7.11 Å². The smallest absolute Gasteiger partial charge is 0.342 e. The third kappa shape index (κ3) is 4.71. The lowest BCUT2D eigenvalue weighted by Gasteiger charge is -2.16. The topological polar surface area (TPSA) is 113 Å². The van der Waals surface area contributed by atoms with Crippen LogP contribution in [0.4, 0.5) is 0 Å². The second-order valence-electron chi connectivity index (χ2n) is 6.00. The molecule has 0 aliphatic carbocycles. The lowest BCUT2D eigenvalue weighted by Crippen LogP contribution is -2.32. The van der Waals surface area contributed by atoms with E-state index in [1.807, 2.05) is 0 Å². The maximum atomic E-state index is 12.4. The summed E-state index contributed by atoms with van der Waals surface area (Å²) in [6.45, 7) is 1.65. The van der Waals surface area contributed by atoms with E-state index in [-0.39, 0.29) is 24.2 Å². The number of benzene rings is 1. The quantitative estimate of drug-likeness (QED) is 0.514. The molecule has 1 heterocycles. The van der Waals surface area contributed by atoms with E-state index in [0.717, 1.165) is 0 Å². The largest absolute Gasteiger partial charge is 0.507 e. The number of allylic oxidation sites excluding steroid dienone is 1. The van der Waals surface area contributed by atoms with Gasteiger partial charge in [0, 0.05) is 18.9 Å². The Bertz CT molecular complexity index is 736. The van der Waals surface area contributed by atoms with Gasteiger partial charge in [-0.15, -0.1) is 0 Å². The van der Waals surface area contributed by atoms with Crippen molar-refractivity contribution in [3.8, 4) is 11.5 Å². The van der Waals surface area contributed by atoms with Crippen LogP contribution >= 0.6 is 0 Å². The first-order valence-electron chi connectivity index (χ1n) is 8.17. The molecule has 7 heteroatoms. The average Bonchev–Trinajstić information content (AvgIpc) is 2.59. The molecule has 0 fully saturated rings. The third-order valence-electron chi connectivity index (χ3n) is 3.94. The fourth-order valence-corrected chi connectivity index (χ4v) is 2.51. The second-order valence-corrected chi connectivity index (χ2v) is 6.00. The Balaban J connectivity index is 2.45. The summed E-state index contributed by atoms with van der Waals surface area (Å²) in [6, 6.07) is 2.83. The molecule has 1 aromatic rings. The van der Waals surface area contributed by atoms with Crippen molar-refractivity contribution in [1.82, 2.24) is 0 Å². The number of fused-ring (bicyclic) bond motifs is 1. The van der Waals surface area contributed by atoms with E-state index in [4.69, 9.17) is 9.47 Å². The van der Waals surface area contributed by atoms with Crippen molar-refractivity contribution >= 4 is 17.8 Å². The van der Waals surface area contributed by atoms with Gasteiger partial charge < -0.3 is 24.8 Å². The van der Waals surface area contributed by atoms with E-state index in [0.29, 0.717) is 11.3 Å². The van der Waals surface area contributed by atoms with E-state index in [1.165, 1.54) is 43.5 Å². The summed E-state index contributed by atoms with van der Waals surface area (Å²) in [7, 11) is 1.42. The van der Waals surface area contributed by atoms with E-state index in [9.17, 15) is 24.9 Å². The van der Waals surface area contributed by atoms with Gasteiger partial charge in [0.05, 0.1) is 7.11 Å². The highest BCUT2D eigenvalue weighted by Crippen LogP contribution is 2.30. The lowest BCUT2D eigenvalue weighted by atomic mass is 10.0. The molecule has 0 aromatic heterocycles. The number of hydrogen-bond donors (Lipinski definition) is 3. The van der Waals surface area contributed by atoms with Gasteiger partial charge in [-0.05, 0) is 18.6 Å². The number of methoxy groups -OCH3 is 1. The Morgan fingerprint density at radius 2 is 1.92 bits per heavy atom. The van der Waals surface area contributed by atoms with E-state index in [2.05, 4.69) is 0 Å². The Morgan fingerprint density at radius 1 is 1.19 bits per heavy atom. The number of phenolic OH excluding ortho intramolecular Hbond substituents is 1. The Kier molecular flexibility index (Phi) is 6.54. The van der Waals surface area contributed by atoms with Crippen LogP contribution in [0.1, 0.15) is 35.7 Å². The zero-order valence-electron chi connectivity index (χ0n) is 14.6. The van der Waals surface area contributed by atoms with Crippen molar-refractivity contribution in [3.05, 3.63) is 41.5 Å². The number of aliphatic hydroxyl groups is 2. The number of cyclic esters (lactones) is 1. The molecule has 0 amide bonds. The van der Waals surface area contributed by atoms with Crippen LogP contribution in [-0.2, 0) is 9.53 Å². The lowest BCUT2D eigenvalue weighted by molar-refractivity contribution is -0.130. The van der Waals surface area contributed by atoms with Crippen LogP contribution in [0.5, 0.6) is 11.5 Å². The number of aliphatic hydroxyl groups excluding tert-OH is 2. The molecule has 1 unspecified atom stereocenters. The maximum absolute atomic E-state index is 12.4. The van der Waals surface area contributed by atoms with Crippen molar-refractivity contribution in [2.45, 2.75) is 38.1 Å². The summed E-state index contributed by atoms with van der Waals surface area (Å²) in [5.41, 5.74) is 0.275. The van der Waals surface area contributed by atoms with E-state index < -0.39 is 30.1 Å². The van der Waals surface area contributed by atoms with Gasteiger partial charge in [0.15, 0.2) is 5.78 Å². The van der Waals surface area contributed by atoms with Gasteiger partial charge in [0.2, 0.25) is 0 Å². The van der Waals surface area contributed by atoms with Gasteiger partial charge in [-0.25, -0.2) is 4.79 Å². The normalized spacial score (nSPS) is 24.5. The Labute approximate surface area is 151 Å². The average molecular weight is 362 g/mol. The zero-order valence-corrected chi connectivity index (χ0v) is 14.6. The van der Waals surface area contributed by atoms with E-state index in [1.54, 1.807) is 6.92 Å². The minimum absolute atomic E-state index is 0.0389. The highest BCUT2D eigenvalue weighted by molar-refractivity contribution is 5.97. The predicted octanol–water partition coefficient (Wildman–Crippen LogP) is 1.60. The summed E-state index contributed by atoms with van der Waals surface area (Å²) >= 11 is 0. The molecule has 0 saturated heterocycles. The summed E-state index contributed by atoms with van der Waals surface area (Å²) in [6.07, 6.45) is 2.40. The molecule has 3 N–H and O–H groups in total. The van der Waals surface area contributed by atoms with Crippen molar-refractivity contribution < 1.29 is 34.4 Å². The SMILES string of the molecule is COc1cc(O)c2c(c1)C=CCC(=O)[C@H](O)C(O)C=CC[C@H](C)OC2=O. The van der Waals surface area contributed by atoms with Crippen molar-refractivity contribution in [1.29, 1.82) is 0 Å². The molecular weight excluding hydrogens is 340 g/mol. The van der Waals surface area contributed by atoms with Crippen molar-refractivity contribution in [3.63, 3.8) is 0 Å². The highest BCUT2D eigenvalue weighted by atomic mass is 16.5. The number of carbonyl (C=O) groups is 2.